The van der Waals surface area contributed by atoms with Crippen LogP contribution in [0.4, 0.5) is 5.69 Å². The molecule has 0 aliphatic rings. The second-order valence-corrected chi connectivity index (χ2v) is 5.85. The summed E-state index contributed by atoms with van der Waals surface area (Å²) in [6.07, 6.45) is 0.323. The van der Waals surface area contributed by atoms with E-state index in [0.717, 1.165) is 5.69 Å². The van der Waals surface area contributed by atoms with Gasteiger partial charge < -0.3 is 10.1 Å². The maximum absolute atomic E-state index is 12.0. The second-order valence-electron chi connectivity index (χ2n) is 4.76. The number of aromatic nitrogens is 1. The van der Waals surface area contributed by atoms with Crippen LogP contribution in [0.3, 0.4) is 0 Å². The maximum atomic E-state index is 12.0. The van der Waals surface area contributed by atoms with Crippen molar-refractivity contribution >= 4 is 23.4 Å². The van der Waals surface area contributed by atoms with Gasteiger partial charge in [-0.3, -0.25) is 4.79 Å². The molecule has 2 rings (SSSR count). The molecule has 0 atom stereocenters. The minimum Gasteiger partial charge on any atom is -0.495 e. The zero-order valence-electron chi connectivity index (χ0n) is 13.0. The van der Waals surface area contributed by atoms with Gasteiger partial charge in [0.2, 0.25) is 5.91 Å². The van der Waals surface area contributed by atoms with Crippen LogP contribution in [0.2, 0.25) is 0 Å². The van der Waals surface area contributed by atoms with Gasteiger partial charge in [0, 0.05) is 17.9 Å². The standard InChI is InChI=1S/C17H17N3O2S/c1-12-7-8-13(11-18)17(19-12)23-10-9-16(21)20-14-5-3-4-6-15(14)22-2/h3-8H,9-10H2,1-2H3,(H,20,21). The Morgan fingerprint density at radius 1 is 1.35 bits per heavy atom. The molecule has 23 heavy (non-hydrogen) atoms. The van der Waals surface area contributed by atoms with E-state index in [1.807, 2.05) is 19.1 Å². The van der Waals surface area contributed by atoms with Gasteiger partial charge in [0.15, 0.2) is 0 Å². The number of ether oxygens (including phenoxy) is 1. The third kappa shape index (κ3) is 4.73. The van der Waals surface area contributed by atoms with Crippen LogP contribution >= 0.6 is 11.8 Å². The van der Waals surface area contributed by atoms with Crippen molar-refractivity contribution < 1.29 is 9.53 Å². The van der Waals surface area contributed by atoms with Crippen LogP contribution in [0.5, 0.6) is 5.75 Å². The number of para-hydroxylation sites is 2. The van der Waals surface area contributed by atoms with Gasteiger partial charge in [-0.2, -0.15) is 5.26 Å². The number of benzene rings is 1. The number of hydrogen-bond acceptors (Lipinski definition) is 5. The zero-order chi connectivity index (χ0) is 16.7. The van der Waals surface area contributed by atoms with Gasteiger partial charge >= 0.3 is 0 Å². The molecule has 1 N–H and O–H groups in total. The summed E-state index contributed by atoms with van der Waals surface area (Å²) in [5.41, 5.74) is 2.03. The average molecular weight is 327 g/mol. The molecule has 1 amide bonds. The van der Waals surface area contributed by atoms with Crippen LogP contribution in [0.25, 0.3) is 0 Å². The van der Waals surface area contributed by atoms with Crippen molar-refractivity contribution in [1.82, 2.24) is 4.98 Å². The first-order valence-electron chi connectivity index (χ1n) is 7.07. The largest absolute Gasteiger partial charge is 0.495 e. The Hall–Kier alpha value is -2.52. The van der Waals surface area contributed by atoms with E-state index in [4.69, 9.17) is 10.00 Å². The summed E-state index contributed by atoms with van der Waals surface area (Å²) < 4.78 is 5.20. The summed E-state index contributed by atoms with van der Waals surface area (Å²) in [5.74, 6) is 1.07. The highest BCUT2D eigenvalue weighted by Crippen LogP contribution is 2.24. The van der Waals surface area contributed by atoms with Gasteiger partial charge in [0.25, 0.3) is 0 Å². The molecule has 0 spiro atoms. The summed E-state index contributed by atoms with van der Waals surface area (Å²) in [5, 5.41) is 12.6. The van der Waals surface area contributed by atoms with E-state index < -0.39 is 0 Å². The summed E-state index contributed by atoms with van der Waals surface area (Å²) in [7, 11) is 1.56. The number of carbonyl (C=O) groups is 1. The van der Waals surface area contributed by atoms with Gasteiger partial charge in [0.1, 0.15) is 16.8 Å². The van der Waals surface area contributed by atoms with E-state index in [1.165, 1.54) is 11.8 Å². The molecular formula is C17H17N3O2S. The van der Waals surface area contributed by atoms with Crippen molar-refractivity contribution in [2.75, 3.05) is 18.2 Å². The Kier molecular flexibility index (Phi) is 6.01. The molecule has 1 heterocycles. The van der Waals surface area contributed by atoms with Crippen LogP contribution in [0.1, 0.15) is 17.7 Å². The van der Waals surface area contributed by atoms with Crippen molar-refractivity contribution in [2.45, 2.75) is 18.4 Å². The van der Waals surface area contributed by atoms with Crippen molar-refractivity contribution in [3.63, 3.8) is 0 Å². The van der Waals surface area contributed by atoms with Gasteiger partial charge in [-0.05, 0) is 31.2 Å². The third-order valence-corrected chi connectivity index (χ3v) is 4.06. The molecule has 0 unspecified atom stereocenters. The molecule has 1 aromatic heterocycles. The lowest BCUT2D eigenvalue weighted by Gasteiger charge is -2.09. The SMILES string of the molecule is COc1ccccc1NC(=O)CCSc1nc(C)ccc1C#N. The monoisotopic (exact) mass is 327 g/mol. The van der Waals surface area contributed by atoms with Gasteiger partial charge in [-0.1, -0.05) is 12.1 Å². The topological polar surface area (TPSA) is 75.0 Å². The smallest absolute Gasteiger partial charge is 0.225 e. The molecule has 0 bridgehead atoms. The summed E-state index contributed by atoms with van der Waals surface area (Å²) in [4.78, 5) is 16.4. The number of methoxy groups -OCH3 is 1. The Balaban J connectivity index is 1.91. The molecule has 1 aromatic carbocycles. The second kappa shape index (κ2) is 8.20. The number of thioether (sulfide) groups is 1. The number of rotatable bonds is 6. The zero-order valence-corrected chi connectivity index (χ0v) is 13.8. The molecule has 0 radical (unpaired) electrons. The molecule has 5 nitrogen and oxygen atoms in total. The van der Waals surface area contributed by atoms with E-state index in [2.05, 4.69) is 16.4 Å². The van der Waals surface area contributed by atoms with Crippen LogP contribution in [0, 0.1) is 18.3 Å². The fraction of sp³-hybridized carbons (Fsp3) is 0.235. The number of nitriles is 1. The van der Waals surface area contributed by atoms with Gasteiger partial charge in [0.05, 0.1) is 18.4 Å². The first-order valence-corrected chi connectivity index (χ1v) is 8.06. The highest BCUT2D eigenvalue weighted by molar-refractivity contribution is 7.99. The quantitative estimate of drug-likeness (QED) is 0.823. The Labute approximate surface area is 139 Å². The number of amides is 1. The van der Waals surface area contributed by atoms with E-state index in [-0.39, 0.29) is 5.91 Å². The average Bonchev–Trinajstić information content (AvgIpc) is 2.55. The molecular weight excluding hydrogens is 310 g/mol. The van der Waals surface area contributed by atoms with Gasteiger partial charge in [-0.15, -0.1) is 11.8 Å². The summed E-state index contributed by atoms with van der Waals surface area (Å²) >= 11 is 1.41. The molecule has 0 fully saturated rings. The number of hydrogen-bond donors (Lipinski definition) is 1. The lowest BCUT2D eigenvalue weighted by atomic mass is 10.3. The molecule has 0 aliphatic heterocycles. The Morgan fingerprint density at radius 3 is 2.87 bits per heavy atom. The van der Waals surface area contributed by atoms with Crippen LogP contribution in [-0.4, -0.2) is 23.8 Å². The van der Waals surface area contributed by atoms with Crippen molar-refractivity contribution in [3.05, 3.63) is 47.7 Å². The van der Waals surface area contributed by atoms with E-state index in [9.17, 15) is 4.79 Å². The first-order chi connectivity index (χ1) is 11.1. The first kappa shape index (κ1) is 16.8. The van der Waals surface area contributed by atoms with Crippen molar-refractivity contribution in [3.8, 4) is 11.8 Å². The maximum Gasteiger partial charge on any atom is 0.225 e. The molecule has 0 saturated heterocycles. The molecule has 0 aliphatic carbocycles. The number of nitrogens with zero attached hydrogens (tertiary/aromatic N) is 2. The molecule has 118 valence electrons. The fourth-order valence-electron chi connectivity index (χ4n) is 1.93. The number of aryl methyl sites for hydroxylation is 1. The number of anilines is 1. The summed E-state index contributed by atoms with van der Waals surface area (Å²) in [6, 6.07) is 12.9. The van der Waals surface area contributed by atoms with Crippen molar-refractivity contribution in [2.24, 2.45) is 0 Å². The summed E-state index contributed by atoms with van der Waals surface area (Å²) in [6.45, 7) is 1.87. The lowest BCUT2D eigenvalue weighted by molar-refractivity contribution is -0.115. The highest BCUT2D eigenvalue weighted by atomic mass is 32.2. The number of nitrogens with one attached hydrogen (secondary N) is 1. The Morgan fingerprint density at radius 2 is 2.13 bits per heavy atom. The predicted molar refractivity (Wildman–Crippen MR) is 90.7 cm³/mol. The minimum absolute atomic E-state index is 0.104. The van der Waals surface area contributed by atoms with Gasteiger partial charge in [-0.25, -0.2) is 4.98 Å². The third-order valence-electron chi connectivity index (χ3n) is 3.07. The van der Waals surface area contributed by atoms with Crippen LogP contribution in [0.15, 0.2) is 41.4 Å². The molecule has 6 heteroatoms. The van der Waals surface area contributed by atoms with Crippen LogP contribution in [-0.2, 0) is 4.79 Å². The Bertz CT molecular complexity index is 741. The van der Waals surface area contributed by atoms with E-state index in [0.29, 0.717) is 34.2 Å². The highest BCUT2D eigenvalue weighted by Gasteiger charge is 2.09. The van der Waals surface area contributed by atoms with Crippen molar-refractivity contribution in [1.29, 1.82) is 5.26 Å². The molecule has 2 aromatic rings. The number of carbonyl (C=O) groups excluding carboxylic acids is 1. The lowest BCUT2D eigenvalue weighted by Crippen LogP contribution is -2.13. The predicted octanol–water partition coefficient (Wildman–Crippen LogP) is 3.39. The van der Waals surface area contributed by atoms with E-state index >= 15 is 0 Å². The minimum atomic E-state index is -0.104. The number of pyridine rings is 1. The van der Waals surface area contributed by atoms with Crippen LogP contribution < -0.4 is 10.1 Å². The normalized spacial score (nSPS) is 9.96. The molecule has 0 saturated carbocycles. The fourth-order valence-corrected chi connectivity index (χ4v) is 2.89. The van der Waals surface area contributed by atoms with E-state index in [1.54, 1.807) is 31.4 Å².